The maximum absolute atomic E-state index is 11.5. The molecule has 0 aliphatic rings. The van der Waals surface area contributed by atoms with E-state index in [1.165, 1.54) is 0 Å². The van der Waals surface area contributed by atoms with Crippen LogP contribution in [0.1, 0.15) is 26.7 Å². The number of hydrogen-bond acceptors (Lipinski definition) is 2. The second kappa shape index (κ2) is 7.01. The molecule has 0 unspecified atom stereocenters. The van der Waals surface area contributed by atoms with Crippen molar-refractivity contribution in [1.29, 1.82) is 0 Å². The number of nitrogens with zero attached hydrogens (tertiary/aromatic N) is 1. The summed E-state index contributed by atoms with van der Waals surface area (Å²) in [6, 6.07) is 9.81. The van der Waals surface area contributed by atoms with Crippen LogP contribution in [0.3, 0.4) is 0 Å². The molecular weight excluding hydrogens is 232 g/mol. The van der Waals surface area contributed by atoms with E-state index in [-0.39, 0.29) is 5.91 Å². The van der Waals surface area contributed by atoms with Gasteiger partial charge in [0.2, 0.25) is 5.91 Å². The molecule has 0 radical (unpaired) electrons. The van der Waals surface area contributed by atoms with Crippen molar-refractivity contribution >= 4 is 28.9 Å². The Labute approximate surface area is 108 Å². The van der Waals surface area contributed by atoms with E-state index in [1.54, 1.807) is 0 Å². The normalized spacial score (nSPS) is 9.76. The summed E-state index contributed by atoms with van der Waals surface area (Å²) >= 11 is 5.24. The van der Waals surface area contributed by atoms with E-state index in [4.69, 9.17) is 12.2 Å². The first-order chi connectivity index (χ1) is 8.19. The Morgan fingerprint density at radius 2 is 1.94 bits per heavy atom. The zero-order valence-corrected chi connectivity index (χ0v) is 11.1. The summed E-state index contributed by atoms with van der Waals surface area (Å²) < 4.78 is 0. The molecule has 1 aromatic rings. The minimum atomic E-state index is -0.0214. The molecule has 0 heterocycles. The van der Waals surface area contributed by atoms with Crippen LogP contribution in [0.15, 0.2) is 30.3 Å². The van der Waals surface area contributed by atoms with E-state index in [2.05, 4.69) is 5.32 Å². The Bertz CT molecular complexity index is 378. The molecular formula is C13H18N2OS. The molecule has 17 heavy (non-hydrogen) atoms. The smallest absolute Gasteiger partial charge is 0.226 e. The summed E-state index contributed by atoms with van der Waals surface area (Å²) in [5.74, 6) is -0.0214. The molecule has 4 heteroatoms. The molecule has 0 aliphatic carbocycles. The van der Waals surface area contributed by atoms with Gasteiger partial charge in [-0.25, -0.2) is 0 Å². The number of rotatable bonds is 4. The van der Waals surface area contributed by atoms with Crippen LogP contribution in [-0.4, -0.2) is 17.6 Å². The monoisotopic (exact) mass is 250 g/mol. The lowest BCUT2D eigenvalue weighted by Gasteiger charge is -2.23. The molecule has 1 rings (SSSR count). The Hall–Kier alpha value is -1.42. The Kier molecular flexibility index (Phi) is 5.63. The van der Waals surface area contributed by atoms with Gasteiger partial charge in [0.1, 0.15) is 0 Å². The first kappa shape index (κ1) is 13.6. The summed E-state index contributed by atoms with van der Waals surface area (Å²) in [4.78, 5) is 13.4. The highest BCUT2D eigenvalue weighted by Crippen LogP contribution is 2.12. The van der Waals surface area contributed by atoms with Gasteiger partial charge < -0.3 is 10.2 Å². The fraction of sp³-hybridized carbons (Fsp3) is 0.385. The Morgan fingerprint density at radius 1 is 1.29 bits per heavy atom. The number of amides is 1. The van der Waals surface area contributed by atoms with Crippen LogP contribution in [-0.2, 0) is 4.79 Å². The third-order valence-corrected chi connectivity index (χ3v) is 2.68. The zero-order chi connectivity index (χ0) is 12.7. The molecule has 0 atom stereocenters. The lowest BCUT2D eigenvalue weighted by atomic mass is 10.3. The summed E-state index contributed by atoms with van der Waals surface area (Å²) in [6.07, 6.45) is 1.33. The van der Waals surface area contributed by atoms with Crippen LogP contribution >= 0.6 is 12.2 Å². The highest BCUT2D eigenvalue weighted by Gasteiger charge is 2.11. The Morgan fingerprint density at radius 3 is 2.47 bits per heavy atom. The lowest BCUT2D eigenvalue weighted by molar-refractivity contribution is -0.119. The van der Waals surface area contributed by atoms with Gasteiger partial charge in [0.05, 0.1) is 0 Å². The Balaban J connectivity index is 2.68. The highest BCUT2D eigenvalue weighted by molar-refractivity contribution is 7.80. The highest BCUT2D eigenvalue weighted by atomic mass is 32.1. The van der Waals surface area contributed by atoms with Crippen LogP contribution in [0.4, 0.5) is 5.69 Å². The SMILES string of the molecule is CCCC(=O)NC(=S)N(CC)c1ccccc1. The van der Waals surface area contributed by atoms with Gasteiger partial charge >= 0.3 is 0 Å². The molecule has 1 N–H and O–H groups in total. The van der Waals surface area contributed by atoms with E-state index < -0.39 is 0 Å². The number of anilines is 1. The van der Waals surface area contributed by atoms with Crippen molar-refractivity contribution < 1.29 is 4.79 Å². The predicted octanol–water partition coefficient (Wildman–Crippen LogP) is 2.71. The minimum Gasteiger partial charge on any atom is -0.319 e. The lowest BCUT2D eigenvalue weighted by Crippen LogP contribution is -2.42. The van der Waals surface area contributed by atoms with Gasteiger partial charge in [0.15, 0.2) is 5.11 Å². The van der Waals surface area contributed by atoms with Gasteiger partial charge in [-0.1, -0.05) is 25.1 Å². The van der Waals surface area contributed by atoms with Crippen molar-refractivity contribution in [1.82, 2.24) is 5.32 Å². The molecule has 1 amide bonds. The van der Waals surface area contributed by atoms with E-state index >= 15 is 0 Å². The van der Waals surface area contributed by atoms with Crippen LogP contribution in [0.2, 0.25) is 0 Å². The number of carbonyl (C=O) groups is 1. The third-order valence-electron chi connectivity index (χ3n) is 2.35. The van der Waals surface area contributed by atoms with Gasteiger partial charge in [-0.05, 0) is 37.7 Å². The van der Waals surface area contributed by atoms with Gasteiger partial charge in [-0.2, -0.15) is 0 Å². The van der Waals surface area contributed by atoms with Crippen LogP contribution < -0.4 is 10.2 Å². The summed E-state index contributed by atoms with van der Waals surface area (Å²) in [7, 11) is 0. The van der Waals surface area contributed by atoms with E-state index in [0.717, 1.165) is 18.7 Å². The summed E-state index contributed by atoms with van der Waals surface area (Å²) in [5, 5.41) is 3.22. The number of para-hydroxylation sites is 1. The summed E-state index contributed by atoms with van der Waals surface area (Å²) in [6.45, 7) is 4.71. The van der Waals surface area contributed by atoms with Crippen molar-refractivity contribution in [3.05, 3.63) is 30.3 Å². The maximum Gasteiger partial charge on any atom is 0.226 e. The molecule has 3 nitrogen and oxygen atoms in total. The van der Waals surface area contributed by atoms with E-state index in [9.17, 15) is 4.79 Å². The first-order valence-corrected chi connectivity index (χ1v) is 6.26. The average molecular weight is 250 g/mol. The molecule has 0 fully saturated rings. The van der Waals surface area contributed by atoms with E-state index in [1.807, 2.05) is 49.1 Å². The zero-order valence-electron chi connectivity index (χ0n) is 10.3. The van der Waals surface area contributed by atoms with Gasteiger partial charge in [0.25, 0.3) is 0 Å². The minimum absolute atomic E-state index is 0.0214. The van der Waals surface area contributed by atoms with Crippen molar-refractivity contribution in [3.63, 3.8) is 0 Å². The van der Waals surface area contributed by atoms with Crippen molar-refractivity contribution in [2.75, 3.05) is 11.4 Å². The second-order valence-electron chi connectivity index (χ2n) is 3.68. The second-order valence-corrected chi connectivity index (χ2v) is 4.07. The number of hydrogen-bond donors (Lipinski definition) is 1. The van der Waals surface area contributed by atoms with E-state index in [0.29, 0.717) is 11.5 Å². The van der Waals surface area contributed by atoms with Gasteiger partial charge in [-0.3, -0.25) is 4.79 Å². The number of benzene rings is 1. The number of nitrogens with one attached hydrogen (secondary N) is 1. The molecule has 0 aliphatic heterocycles. The number of thiocarbonyl (C=S) groups is 1. The van der Waals surface area contributed by atoms with Crippen LogP contribution in [0.5, 0.6) is 0 Å². The third kappa shape index (κ3) is 4.15. The van der Waals surface area contributed by atoms with Crippen molar-refractivity contribution in [2.24, 2.45) is 0 Å². The fourth-order valence-electron chi connectivity index (χ4n) is 1.53. The fourth-order valence-corrected chi connectivity index (χ4v) is 1.88. The predicted molar refractivity (Wildman–Crippen MR) is 75.1 cm³/mol. The standard InChI is InChI=1S/C13H18N2OS/c1-3-8-12(16)14-13(17)15(4-2)11-9-6-5-7-10-11/h5-7,9-10H,3-4,8H2,1-2H3,(H,14,16,17). The molecule has 1 aromatic carbocycles. The van der Waals surface area contributed by atoms with Crippen LogP contribution in [0.25, 0.3) is 0 Å². The van der Waals surface area contributed by atoms with Crippen molar-refractivity contribution in [2.45, 2.75) is 26.7 Å². The first-order valence-electron chi connectivity index (χ1n) is 5.85. The summed E-state index contributed by atoms with van der Waals surface area (Å²) in [5.41, 5.74) is 0.997. The quantitative estimate of drug-likeness (QED) is 0.834. The molecule has 0 spiro atoms. The molecule has 0 saturated heterocycles. The number of carbonyl (C=O) groups excluding carboxylic acids is 1. The van der Waals surface area contributed by atoms with Gasteiger partial charge in [-0.15, -0.1) is 0 Å². The molecule has 0 saturated carbocycles. The molecule has 92 valence electrons. The average Bonchev–Trinajstić information content (AvgIpc) is 2.31. The van der Waals surface area contributed by atoms with Gasteiger partial charge in [0, 0.05) is 18.7 Å². The maximum atomic E-state index is 11.5. The van der Waals surface area contributed by atoms with Crippen molar-refractivity contribution in [3.8, 4) is 0 Å². The molecule has 0 bridgehead atoms. The largest absolute Gasteiger partial charge is 0.319 e. The van der Waals surface area contributed by atoms with Crippen LogP contribution in [0, 0.1) is 0 Å². The molecule has 0 aromatic heterocycles. The topological polar surface area (TPSA) is 32.3 Å².